The van der Waals surface area contributed by atoms with Gasteiger partial charge in [-0.05, 0) is 42.0 Å². The van der Waals surface area contributed by atoms with Crippen LogP contribution in [0.3, 0.4) is 0 Å². The van der Waals surface area contributed by atoms with E-state index in [0.717, 1.165) is 11.1 Å². The van der Waals surface area contributed by atoms with Crippen molar-refractivity contribution in [2.75, 3.05) is 7.11 Å². The number of hydrogen-bond acceptors (Lipinski definition) is 2. The molecule has 0 aromatic heterocycles. The van der Waals surface area contributed by atoms with Crippen LogP contribution in [-0.2, 0) is 0 Å². The zero-order valence-electron chi connectivity index (χ0n) is 13.7. The molecular formula is C22H16O3. The molecule has 0 aliphatic rings. The first kappa shape index (κ1) is 16.4. The van der Waals surface area contributed by atoms with E-state index in [1.807, 2.05) is 60.7 Å². The largest absolute Gasteiger partial charge is 0.497 e. The zero-order valence-corrected chi connectivity index (χ0v) is 13.7. The van der Waals surface area contributed by atoms with Crippen LogP contribution in [0.25, 0.3) is 11.1 Å². The second kappa shape index (κ2) is 7.37. The number of carboxylic acids is 1. The maximum Gasteiger partial charge on any atom is 0.336 e. The molecule has 3 rings (SSSR count). The molecule has 25 heavy (non-hydrogen) atoms. The van der Waals surface area contributed by atoms with E-state index in [9.17, 15) is 9.90 Å². The first-order chi connectivity index (χ1) is 12.2. The lowest BCUT2D eigenvalue weighted by molar-refractivity contribution is 0.0697. The number of hydrogen-bond donors (Lipinski definition) is 1. The Balaban J connectivity index is 2.14. The summed E-state index contributed by atoms with van der Waals surface area (Å²) >= 11 is 0. The molecule has 3 aromatic rings. The third-order valence-electron chi connectivity index (χ3n) is 3.79. The maximum atomic E-state index is 11.7. The summed E-state index contributed by atoms with van der Waals surface area (Å²) < 4.78 is 5.17. The molecule has 3 aromatic carbocycles. The van der Waals surface area contributed by atoms with Crippen molar-refractivity contribution < 1.29 is 14.6 Å². The van der Waals surface area contributed by atoms with Crippen molar-refractivity contribution in [3.8, 4) is 28.7 Å². The summed E-state index contributed by atoms with van der Waals surface area (Å²) in [6.07, 6.45) is 0. The molecule has 0 spiro atoms. The second-order valence-electron chi connectivity index (χ2n) is 5.38. The monoisotopic (exact) mass is 328 g/mol. The number of ether oxygens (including phenoxy) is 1. The second-order valence-corrected chi connectivity index (χ2v) is 5.38. The fourth-order valence-electron chi connectivity index (χ4n) is 2.56. The summed E-state index contributed by atoms with van der Waals surface area (Å²) in [5, 5.41) is 9.56. The van der Waals surface area contributed by atoms with Crippen LogP contribution in [-0.4, -0.2) is 18.2 Å². The van der Waals surface area contributed by atoms with Gasteiger partial charge in [-0.3, -0.25) is 0 Å². The topological polar surface area (TPSA) is 46.5 Å². The minimum Gasteiger partial charge on any atom is -0.497 e. The summed E-state index contributed by atoms with van der Waals surface area (Å²) in [5.41, 5.74) is 3.18. The molecule has 0 heterocycles. The van der Waals surface area contributed by atoms with E-state index in [4.69, 9.17) is 4.74 Å². The third-order valence-corrected chi connectivity index (χ3v) is 3.79. The van der Waals surface area contributed by atoms with Gasteiger partial charge in [-0.25, -0.2) is 4.79 Å². The highest BCUT2D eigenvalue weighted by molar-refractivity contribution is 5.98. The minimum absolute atomic E-state index is 0.227. The third kappa shape index (κ3) is 3.70. The van der Waals surface area contributed by atoms with Gasteiger partial charge in [0.1, 0.15) is 5.75 Å². The minimum atomic E-state index is -0.978. The normalized spacial score (nSPS) is 9.80. The van der Waals surface area contributed by atoms with Gasteiger partial charge in [-0.2, -0.15) is 0 Å². The Morgan fingerprint density at radius 1 is 0.880 bits per heavy atom. The first-order valence-corrected chi connectivity index (χ1v) is 7.77. The Kier molecular flexibility index (Phi) is 4.82. The van der Waals surface area contributed by atoms with Crippen LogP contribution in [0, 0.1) is 11.8 Å². The Morgan fingerprint density at radius 3 is 2.24 bits per heavy atom. The van der Waals surface area contributed by atoms with Gasteiger partial charge in [0.15, 0.2) is 0 Å². The molecule has 0 fully saturated rings. The van der Waals surface area contributed by atoms with Gasteiger partial charge >= 0.3 is 5.97 Å². The van der Waals surface area contributed by atoms with Gasteiger partial charge in [0, 0.05) is 16.7 Å². The maximum absolute atomic E-state index is 11.7. The lowest BCUT2D eigenvalue weighted by Gasteiger charge is -2.10. The van der Waals surface area contributed by atoms with Crippen LogP contribution in [0.15, 0.2) is 72.8 Å². The molecule has 122 valence electrons. The average Bonchev–Trinajstić information content (AvgIpc) is 2.67. The van der Waals surface area contributed by atoms with E-state index in [2.05, 4.69) is 11.8 Å². The van der Waals surface area contributed by atoms with E-state index in [1.165, 1.54) is 0 Å². The number of carbonyl (C=O) groups is 1. The van der Waals surface area contributed by atoms with Crippen LogP contribution in [0.5, 0.6) is 5.75 Å². The average molecular weight is 328 g/mol. The van der Waals surface area contributed by atoms with Gasteiger partial charge in [-0.15, -0.1) is 0 Å². The zero-order chi connectivity index (χ0) is 17.6. The van der Waals surface area contributed by atoms with E-state index in [0.29, 0.717) is 16.9 Å². The Hall–Kier alpha value is -3.51. The quantitative estimate of drug-likeness (QED) is 0.722. The Morgan fingerprint density at radius 2 is 1.60 bits per heavy atom. The van der Waals surface area contributed by atoms with Crippen LogP contribution in [0.4, 0.5) is 0 Å². The van der Waals surface area contributed by atoms with Gasteiger partial charge in [0.05, 0.1) is 12.7 Å². The molecular weight excluding hydrogens is 312 g/mol. The van der Waals surface area contributed by atoms with E-state index in [-0.39, 0.29) is 5.56 Å². The van der Waals surface area contributed by atoms with Gasteiger partial charge < -0.3 is 9.84 Å². The number of methoxy groups -OCH3 is 1. The Bertz CT molecular complexity index is 946. The molecule has 3 nitrogen and oxygen atoms in total. The molecule has 0 aliphatic carbocycles. The molecule has 0 unspecified atom stereocenters. The fourth-order valence-corrected chi connectivity index (χ4v) is 2.56. The number of aromatic carboxylic acids is 1. The number of carboxylic acid groups (broad SMARTS) is 1. The molecule has 0 amide bonds. The van der Waals surface area contributed by atoms with E-state index in [1.54, 1.807) is 19.2 Å². The van der Waals surface area contributed by atoms with Crippen LogP contribution in [0.2, 0.25) is 0 Å². The van der Waals surface area contributed by atoms with Gasteiger partial charge in [0.25, 0.3) is 0 Å². The highest BCUT2D eigenvalue weighted by Crippen LogP contribution is 2.29. The summed E-state index contributed by atoms with van der Waals surface area (Å²) in [6.45, 7) is 0. The number of rotatable bonds is 3. The SMILES string of the molecule is COc1ccc(-c2c(C#Cc3ccccc3)cccc2C(=O)O)cc1. The predicted octanol–water partition coefficient (Wildman–Crippen LogP) is 4.46. The van der Waals surface area contributed by atoms with E-state index < -0.39 is 5.97 Å². The van der Waals surface area contributed by atoms with Crippen molar-refractivity contribution in [2.24, 2.45) is 0 Å². The van der Waals surface area contributed by atoms with Crippen molar-refractivity contribution in [3.63, 3.8) is 0 Å². The van der Waals surface area contributed by atoms with Crippen LogP contribution in [0.1, 0.15) is 21.5 Å². The molecule has 0 saturated carbocycles. The van der Waals surface area contributed by atoms with Crippen molar-refractivity contribution in [3.05, 3.63) is 89.5 Å². The predicted molar refractivity (Wildman–Crippen MR) is 97.8 cm³/mol. The molecule has 0 saturated heterocycles. The molecule has 0 bridgehead atoms. The van der Waals surface area contributed by atoms with Crippen molar-refractivity contribution in [2.45, 2.75) is 0 Å². The first-order valence-electron chi connectivity index (χ1n) is 7.77. The molecule has 0 atom stereocenters. The smallest absolute Gasteiger partial charge is 0.336 e. The molecule has 0 aliphatic heterocycles. The van der Waals surface area contributed by atoms with E-state index >= 15 is 0 Å². The molecule has 1 N–H and O–H groups in total. The van der Waals surface area contributed by atoms with Crippen molar-refractivity contribution in [1.82, 2.24) is 0 Å². The fraction of sp³-hybridized carbons (Fsp3) is 0.0455. The summed E-state index contributed by atoms with van der Waals surface area (Å²) in [4.78, 5) is 11.7. The lowest BCUT2D eigenvalue weighted by atomic mass is 9.94. The van der Waals surface area contributed by atoms with Gasteiger partial charge in [0.2, 0.25) is 0 Å². The summed E-state index contributed by atoms with van der Waals surface area (Å²) in [5.74, 6) is 5.94. The molecule has 0 radical (unpaired) electrons. The standard InChI is InChI=1S/C22H16O3/c1-25-19-14-12-18(13-15-19)21-17(8-5-9-20(21)22(23)24)11-10-16-6-3-2-4-7-16/h2-9,12-15H,1H3,(H,23,24). The van der Waals surface area contributed by atoms with Crippen molar-refractivity contribution >= 4 is 5.97 Å². The summed E-state index contributed by atoms with van der Waals surface area (Å²) in [6, 6.07) is 22.0. The molecule has 3 heteroatoms. The van der Waals surface area contributed by atoms with Gasteiger partial charge in [-0.1, -0.05) is 48.2 Å². The number of benzene rings is 3. The highest BCUT2D eigenvalue weighted by atomic mass is 16.5. The summed E-state index contributed by atoms with van der Waals surface area (Å²) in [7, 11) is 1.59. The van der Waals surface area contributed by atoms with Crippen LogP contribution < -0.4 is 4.74 Å². The lowest BCUT2D eigenvalue weighted by Crippen LogP contribution is -2.01. The van der Waals surface area contributed by atoms with Crippen LogP contribution >= 0.6 is 0 Å². The Labute approximate surface area is 146 Å². The highest BCUT2D eigenvalue weighted by Gasteiger charge is 2.15. The van der Waals surface area contributed by atoms with Crippen molar-refractivity contribution in [1.29, 1.82) is 0 Å².